The number of hydrogen-bond donors (Lipinski definition) is 0. The quantitative estimate of drug-likeness (QED) is 0.356. The summed E-state index contributed by atoms with van der Waals surface area (Å²) in [6.45, 7) is 12.3. The van der Waals surface area contributed by atoms with Crippen LogP contribution in [0.4, 0.5) is 0 Å². The summed E-state index contributed by atoms with van der Waals surface area (Å²) >= 11 is 1.56. The Morgan fingerprint density at radius 3 is 2.19 bits per heavy atom. The second-order valence-electron chi connectivity index (χ2n) is 6.17. The van der Waals surface area contributed by atoms with E-state index in [1.807, 2.05) is 25.1 Å². The van der Waals surface area contributed by atoms with Crippen LogP contribution in [0.2, 0.25) is 0 Å². The van der Waals surface area contributed by atoms with Crippen LogP contribution in [0, 0.1) is 6.92 Å². The van der Waals surface area contributed by atoms with Gasteiger partial charge in [0.2, 0.25) is 0 Å². The summed E-state index contributed by atoms with van der Waals surface area (Å²) in [7, 11) is 0. The Morgan fingerprint density at radius 2 is 1.54 bits per heavy atom. The minimum Gasteiger partial charge on any atom is -0.423 e. The molecule has 5 heteroatoms. The van der Waals surface area contributed by atoms with E-state index in [0.29, 0.717) is 22.6 Å². The van der Waals surface area contributed by atoms with Crippen molar-refractivity contribution in [3.05, 3.63) is 60.2 Å². The van der Waals surface area contributed by atoms with Crippen LogP contribution in [0.25, 0.3) is 20.2 Å². The molecule has 0 aliphatic heterocycles. The largest absolute Gasteiger partial charge is 0.423 e. The molecule has 0 spiro atoms. The molecule has 0 bridgehead atoms. The molecule has 1 aromatic heterocycles. The smallest absolute Gasteiger partial charge is 0.338 e. The number of hydrogen-bond acceptors (Lipinski definition) is 5. The van der Waals surface area contributed by atoms with Crippen LogP contribution in [0.3, 0.4) is 0 Å². The number of benzene rings is 2. The molecule has 26 heavy (non-hydrogen) atoms. The van der Waals surface area contributed by atoms with E-state index in [1.54, 1.807) is 37.3 Å². The molecule has 3 rings (SSSR count). The van der Waals surface area contributed by atoms with Crippen LogP contribution in [0.5, 0.6) is 11.5 Å². The Bertz CT molecular complexity index is 1090. The van der Waals surface area contributed by atoms with Gasteiger partial charge in [-0.1, -0.05) is 13.2 Å². The number of thiophene rings is 1. The summed E-state index contributed by atoms with van der Waals surface area (Å²) < 4.78 is 12.7. The Morgan fingerprint density at radius 1 is 0.923 bits per heavy atom. The number of aryl methyl sites for hydroxylation is 1. The normalized spacial score (nSPS) is 10.7. The van der Waals surface area contributed by atoms with Gasteiger partial charge in [0.25, 0.3) is 0 Å². The van der Waals surface area contributed by atoms with Gasteiger partial charge in [-0.3, -0.25) is 0 Å². The molecule has 0 N–H and O–H groups in total. The summed E-state index contributed by atoms with van der Waals surface area (Å²) in [5.74, 6) is 0.104. The lowest BCUT2D eigenvalue weighted by Gasteiger charge is -2.07. The van der Waals surface area contributed by atoms with Crippen molar-refractivity contribution in [1.29, 1.82) is 0 Å². The third-order valence-electron chi connectivity index (χ3n) is 3.92. The van der Waals surface area contributed by atoms with Crippen LogP contribution < -0.4 is 9.47 Å². The molecule has 0 aliphatic carbocycles. The average Bonchev–Trinajstić information content (AvgIpc) is 2.95. The first-order valence-electron chi connectivity index (χ1n) is 7.99. The van der Waals surface area contributed by atoms with Crippen LogP contribution in [0.1, 0.15) is 19.4 Å². The minimum atomic E-state index is -0.448. The third kappa shape index (κ3) is 3.26. The standard InChI is InChI=1S/C21H18O4S/c1-11(2)20(22)24-14-6-7-15-16-8-9-17(25-21(23)12(3)4)13(5)19(16)26-18(15)10-14/h6-10H,1,3H2,2,4-5H3. The highest BCUT2D eigenvalue weighted by Crippen LogP contribution is 2.40. The Labute approximate surface area is 155 Å². The average molecular weight is 366 g/mol. The topological polar surface area (TPSA) is 52.6 Å². The Balaban J connectivity index is 2.05. The summed E-state index contributed by atoms with van der Waals surface area (Å²) in [5, 5.41) is 2.12. The zero-order valence-electron chi connectivity index (χ0n) is 14.8. The Kier molecular flexibility index (Phi) is 4.66. The van der Waals surface area contributed by atoms with Crippen molar-refractivity contribution >= 4 is 43.4 Å². The van der Waals surface area contributed by atoms with E-state index in [2.05, 4.69) is 13.2 Å². The number of rotatable bonds is 4. The molecule has 0 atom stereocenters. The second kappa shape index (κ2) is 6.77. The maximum atomic E-state index is 11.8. The first-order chi connectivity index (χ1) is 12.3. The SMILES string of the molecule is C=C(C)C(=O)Oc1ccc2c(c1)sc1c(C)c(OC(=O)C(=C)C)ccc12. The fraction of sp³-hybridized carbons (Fsp3) is 0.143. The predicted molar refractivity (Wildman–Crippen MR) is 105 cm³/mol. The summed E-state index contributed by atoms with van der Waals surface area (Å²) in [5.41, 5.74) is 1.59. The van der Waals surface area contributed by atoms with E-state index in [4.69, 9.17) is 9.47 Å². The van der Waals surface area contributed by atoms with Crippen molar-refractivity contribution in [3.8, 4) is 11.5 Å². The lowest BCUT2D eigenvalue weighted by Crippen LogP contribution is -2.08. The van der Waals surface area contributed by atoms with Gasteiger partial charge in [0, 0.05) is 36.9 Å². The third-order valence-corrected chi connectivity index (χ3v) is 5.21. The van der Waals surface area contributed by atoms with Gasteiger partial charge in [-0.15, -0.1) is 11.3 Å². The second-order valence-corrected chi connectivity index (χ2v) is 7.22. The highest BCUT2D eigenvalue weighted by molar-refractivity contribution is 7.26. The number of esters is 2. The van der Waals surface area contributed by atoms with Crippen LogP contribution in [0.15, 0.2) is 54.6 Å². The van der Waals surface area contributed by atoms with Crippen LogP contribution in [-0.4, -0.2) is 11.9 Å². The first kappa shape index (κ1) is 17.9. The molecule has 0 saturated carbocycles. The van der Waals surface area contributed by atoms with Crippen molar-refractivity contribution < 1.29 is 19.1 Å². The molecular formula is C21H18O4S. The molecule has 3 aromatic rings. The van der Waals surface area contributed by atoms with E-state index in [-0.39, 0.29) is 0 Å². The highest BCUT2D eigenvalue weighted by atomic mass is 32.1. The molecule has 0 saturated heterocycles. The van der Waals surface area contributed by atoms with Gasteiger partial charge in [-0.25, -0.2) is 9.59 Å². The minimum absolute atomic E-state index is 0.348. The van der Waals surface area contributed by atoms with Crippen molar-refractivity contribution in [2.24, 2.45) is 0 Å². The molecule has 0 unspecified atom stereocenters. The predicted octanol–water partition coefficient (Wildman–Crippen LogP) is 5.33. The molecular weight excluding hydrogens is 348 g/mol. The van der Waals surface area contributed by atoms with Gasteiger partial charge < -0.3 is 9.47 Å². The summed E-state index contributed by atoms with van der Waals surface area (Å²) in [6.07, 6.45) is 0. The van der Waals surface area contributed by atoms with Crippen molar-refractivity contribution in [3.63, 3.8) is 0 Å². The van der Waals surface area contributed by atoms with Crippen molar-refractivity contribution in [2.45, 2.75) is 20.8 Å². The van der Waals surface area contributed by atoms with E-state index in [1.165, 1.54) is 0 Å². The molecule has 1 heterocycles. The van der Waals surface area contributed by atoms with Gasteiger partial charge in [-0.2, -0.15) is 0 Å². The fourth-order valence-corrected chi connectivity index (χ4v) is 3.72. The summed E-state index contributed by atoms with van der Waals surface area (Å²) in [4.78, 5) is 23.5. The zero-order valence-corrected chi connectivity index (χ0v) is 15.7. The molecule has 0 amide bonds. The molecule has 2 aromatic carbocycles. The van der Waals surface area contributed by atoms with E-state index >= 15 is 0 Å². The monoisotopic (exact) mass is 366 g/mol. The molecule has 0 fully saturated rings. The lowest BCUT2D eigenvalue weighted by atomic mass is 10.1. The van der Waals surface area contributed by atoms with Gasteiger partial charge in [-0.05, 0) is 51.1 Å². The number of carbonyl (C=O) groups excluding carboxylic acids is 2. The number of fused-ring (bicyclic) bond motifs is 3. The van der Waals surface area contributed by atoms with Gasteiger partial charge >= 0.3 is 11.9 Å². The molecule has 132 valence electrons. The number of carbonyl (C=O) groups is 2. The number of ether oxygens (including phenoxy) is 2. The van der Waals surface area contributed by atoms with E-state index in [9.17, 15) is 9.59 Å². The van der Waals surface area contributed by atoms with E-state index < -0.39 is 11.9 Å². The lowest BCUT2D eigenvalue weighted by molar-refractivity contribution is -0.130. The Hall–Kier alpha value is -2.92. The molecule has 4 nitrogen and oxygen atoms in total. The molecule has 0 radical (unpaired) electrons. The zero-order chi connectivity index (χ0) is 19.0. The summed E-state index contributed by atoms with van der Waals surface area (Å²) in [6, 6.07) is 9.25. The first-order valence-corrected chi connectivity index (χ1v) is 8.81. The fourth-order valence-electron chi connectivity index (χ4n) is 2.49. The van der Waals surface area contributed by atoms with Gasteiger partial charge in [0.1, 0.15) is 11.5 Å². The van der Waals surface area contributed by atoms with Crippen LogP contribution in [-0.2, 0) is 9.59 Å². The van der Waals surface area contributed by atoms with E-state index in [0.717, 1.165) is 25.7 Å². The maximum absolute atomic E-state index is 11.8. The highest BCUT2D eigenvalue weighted by Gasteiger charge is 2.15. The van der Waals surface area contributed by atoms with Crippen molar-refractivity contribution in [1.82, 2.24) is 0 Å². The molecule has 0 aliphatic rings. The maximum Gasteiger partial charge on any atom is 0.338 e. The van der Waals surface area contributed by atoms with Crippen LogP contribution >= 0.6 is 11.3 Å². The van der Waals surface area contributed by atoms with Gasteiger partial charge in [0.05, 0.1) is 0 Å². The van der Waals surface area contributed by atoms with Crippen molar-refractivity contribution in [2.75, 3.05) is 0 Å². The van der Waals surface area contributed by atoms with Gasteiger partial charge in [0.15, 0.2) is 0 Å².